The van der Waals surface area contributed by atoms with Gasteiger partial charge in [-0.3, -0.25) is 0 Å². The molecule has 1 unspecified atom stereocenters. The molecule has 1 nitrogen and oxygen atoms in total. The van der Waals surface area contributed by atoms with Crippen LogP contribution in [-0.2, 0) is 5.41 Å². The van der Waals surface area contributed by atoms with Gasteiger partial charge in [-0.05, 0) is 30.2 Å². The summed E-state index contributed by atoms with van der Waals surface area (Å²) in [7, 11) is 0. The van der Waals surface area contributed by atoms with Crippen LogP contribution in [-0.4, -0.2) is 6.54 Å². The van der Waals surface area contributed by atoms with Crippen LogP contribution < -0.4 is 5.32 Å². The molecule has 0 bridgehead atoms. The van der Waals surface area contributed by atoms with Crippen LogP contribution in [0.1, 0.15) is 18.1 Å². The molecule has 2 heteroatoms. The number of fused-ring (bicyclic) bond motifs is 1. The second-order valence-electron chi connectivity index (χ2n) is 4.74. The first-order valence-electron chi connectivity index (χ1n) is 5.79. The normalized spacial score (nSPS) is 22.0. The third kappa shape index (κ3) is 1.67. The van der Waals surface area contributed by atoms with Gasteiger partial charge < -0.3 is 5.32 Å². The maximum Gasteiger partial charge on any atom is 0.0394 e. The van der Waals surface area contributed by atoms with E-state index in [-0.39, 0.29) is 5.41 Å². The van der Waals surface area contributed by atoms with Crippen LogP contribution >= 0.6 is 15.9 Å². The molecule has 17 heavy (non-hydrogen) atoms. The molecule has 2 aromatic rings. The largest absolute Gasteiger partial charge is 0.384 e. The van der Waals surface area contributed by atoms with Gasteiger partial charge in [-0.25, -0.2) is 0 Å². The molecule has 3 rings (SSSR count). The molecule has 0 saturated carbocycles. The number of rotatable bonds is 1. The van der Waals surface area contributed by atoms with Crippen LogP contribution in [0.25, 0.3) is 0 Å². The van der Waals surface area contributed by atoms with Gasteiger partial charge in [-0.1, -0.05) is 52.3 Å². The van der Waals surface area contributed by atoms with Crippen molar-refractivity contribution >= 4 is 21.6 Å². The van der Waals surface area contributed by atoms with Crippen LogP contribution in [0.4, 0.5) is 5.69 Å². The van der Waals surface area contributed by atoms with E-state index in [0.717, 1.165) is 11.0 Å². The summed E-state index contributed by atoms with van der Waals surface area (Å²) in [6.45, 7) is 3.26. The summed E-state index contributed by atoms with van der Waals surface area (Å²) < 4.78 is 1.13. The van der Waals surface area contributed by atoms with E-state index < -0.39 is 0 Å². The van der Waals surface area contributed by atoms with E-state index in [1.54, 1.807) is 0 Å². The molecule has 1 aliphatic heterocycles. The molecule has 0 aliphatic carbocycles. The van der Waals surface area contributed by atoms with E-state index in [4.69, 9.17) is 0 Å². The molecule has 0 fully saturated rings. The number of hydrogen-bond donors (Lipinski definition) is 1. The lowest BCUT2D eigenvalue weighted by molar-refractivity contribution is 0.636. The zero-order valence-corrected chi connectivity index (χ0v) is 11.3. The highest BCUT2D eigenvalue weighted by atomic mass is 79.9. The Balaban J connectivity index is 2.14. The minimum absolute atomic E-state index is 0.0806. The van der Waals surface area contributed by atoms with Crippen molar-refractivity contribution in [3.05, 3.63) is 64.1 Å². The van der Waals surface area contributed by atoms with Gasteiger partial charge in [0, 0.05) is 22.1 Å². The molecule has 86 valence electrons. The first kappa shape index (κ1) is 10.8. The van der Waals surface area contributed by atoms with Crippen molar-refractivity contribution in [3.63, 3.8) is 0 Å². The zero-order chi connectivity index (χ0) is 11.9. The predicted octanol–water partition coefficient (Wildman–Crippen LogP) is 4.18. The number of anilines is 1. The fourth-order valence-electron chi connectivity index (χ4n) is 2.57. The standard InChI is InChI=1S/C15H14BrN/c1-15(11-5-3-2-4-6-11)10-17-14-9-12(16)7-8-13(14)15/h2-9,17H,10H2,1H3. The molecule has 1 N–H and O–H groups in total. The van der Waals surface area contributed by atoms with Gasteiger partial charge >= 0.3 is 0 Å². The number of benzene rings is 2. The SMILES string of the molecule is CC1(c2ccccc2)CNc2cc(Br)ccc21. The lowest BCUT2D eigenvalue weighted by atomic mass is 9.78. The number of hydrogen-bond acceptors (Lipinski definition) is 1. The minimum Gasteiger partial charge on any atom is -0.384 e. The quantitative estimate of drug-likeness (QED) is 0.830. The summed E-state index contributed by atoms with van der Waals surface area (Å²) >= 11 is 3.52. The summed E-state index contributed by atoms with van der Waals surface area (Å²) in [6, 6.07) is 17.2. The van der Waals surface area contributed by atoms with Crippen molar-refractivity contribution in [2.75, 3.05) is 11.9 Å². The Bertz CT molecular complexity index is 550. The first-order valence-corrected chi connectivity index (χ1v) is 6.59. The first-order chi connectivity index (χ1) is 8.20. The molecule has 1 heterocycles. The third-order valence-electron chi connectivity index (χ3n) is 3.62. The molecule has 2 aromatic carbocycles. The van der Waals surface area contributed by atoms with Crippen molar-refractivity contribution < 1.29 is 0 Å². The van der Waals surface area contributed by atoms with Crippen molar-refractivity contribution in [1.29, 1.82) is 0 Å². The van der Waals surface area contributed by atoms with Gasteiger partial charge in [0.05, 0.1) is 0 Å². The second-order valence-corrected chi connectivity index (χ2v) is 5.66. The Kier molecular flexibility index (Phi) is 2.48. The Labute approximate surface area is 110 Å². The van der Waals surface area contributed by atoms with Gasteiger partial charge in [-0.15, -0.1) is 0 Å². The third-order valence-corrected chi connectivity index (χ3v) is 4.11. The van der Waals surface area contributed by atoms with Gasteiger partial charge in [-0.2, -0.15) is 0 Å². The van der Waals surface area contributed by atoms with Crippen LogP contribution in [0.5, 0.6) is 0 Å². The highest BCUT2D eigenvalue weighted by Gasteiger charge is 2.35. The summed E-state index contributed by atoms with van der Waals surface area (Å²) in [5, 5.41) is 3.50. The molecule has 0 spiro atoms. The van der Waals surface area contributed by atoms with Crippen LogP contribution in [0.2, 0.25) is 0 Å². The fraction of sp³-hybridized carbons (Fsp3) is 0.200. The Morgan fingerprint density at radius 3 is 2.65 bits per heavy atom. The molecule has 1 aliphatic rings. The van der Waals surface area contributed by atoms with Crippen LogP contribution in [0.15, 0.2) is 53.0 Å². The van der Waals surface area contributed by atoms with E-state index in [0.29, 0.717) is 0 Å². The highest BCUT2D eigenvalue weighted by molar-refractivity contribution is 9.10. The fourth-order valence-corrected chi connectivity index (χ4v) is 2.94. The van der Waals surface area contributed by atoms with Crippen molar-refractivity contribution in [2.45, 2.75) is 12.3 Å². The van der Waals surface area contributed by atoms with E-state index in [1.807, 2.05) is 0 Å². The maximum absolute atomic E-state index is 3.52. The second kappa shape index (κ2) is 3.88. The number of nitrogens with one attached hydrogen (secondary N) is 1. The monoisotopic (exact) mass is 287 g/mol. The average molecular weight is 288 g/mol. The van der Waals surface area contributed by atoms with Gasteiger partial charge in [0.15, 0.2) is 0 Å². The summed E-state index contributed by atoms with van der Waals surface area (Å²) in [6.07, 6.45) is 0. The number of halogens is 1. The van der Waals surface area contributed by atoms with E-state index in [2.05, 4.69) is 76.7 Å². The van der Waals surface area contributed by atoms with Crippen molar-refractivity contribution in [3.8, 4) is 0 Å². The lowest BCUT2D eigenvalue weighted by Gasteiger charge is -2.24. The van der Waals surface area contributed by atoms with E-state index in [1.165, 1.54) is 16.8 Å². The molecule has 0 saturated heterocycles. The van der Waals surface area contributed by atoms with Gasteiger partial charge in [0.25, 0.3) is 0 Å². The Hall–Kier alpha value is -1.28. The molecule has 0 aromatic heterocycles. The molecule has 0 amide bonds. The van der Waals surface area contributed by atoms with Crippen molar-refractivity contribution in [2.24, 2.45) is 0 Å². The van der Waals surface area contributed by atoms with E-state index in [9.17, 15) is 0 Å². The predicted molar refractivity (Wildman–Crippen MR) is 75.5 cm³/mol. The molecular formula is C15H14BrN. The van der Waals surface area contributed by atoms with Crippen molar-refractivity contribution in [1.82, 2.24) is 0 Å². The Morgan fingerprint density at radius 1 is 1.12 bits per heavy atom. The summed E-state index contributed by atoms with van der Waals surface area (Å²) in [4.78, 5) is 0. The van der Waals surface area contributed by atoms with Gasteiger partial charge in [0.1, 0.15) is 0 Å². The van der Waals surface area contributed by atoms with Crippen LogP contribution in [0, 0.1) is 0 Å². The maximum atomic E-state index is 3.52. The lowest BCUT2D eigenvalue weighted by Crippen LogP contribution is -2.25. The Morgan fingerprint density at radius 2 is 1.88 bits per heavy atom. The molecule has 0 radical (unpaired) electrons. The molecular weight excluding hydrogens is 274 g/mol. The van der Waals surface area contributed by atoms with E-state index >= 15 is 0 Å². The zero-order valence-electron chi connectivity index (χ0n) is 9.70. The summed E-state index contributed by atoms with van der Waals surface area (Å²) in [5.41, 5.74) is 4.07. The topological polar surface area (TPSA) is 12.0 Å². The molecule has 1 atom stereocenters. The minimum atomic E-state index is 0.0806. The van der Waals surface area contributed by atoms with Gasteiger partial charge in [0.2, 0.25) is 0 Å². The average Bonchev–Trinajstić information content (AvgIpc) is 2.69. The summed E-state index contributed by atoms with van der Waals surface area (Å²) in [5.74, 6) is 0. The highest BCUT2D eigenvalue weighted by Crippen LogP contribution is 2.42. The van der Waals surface area contributed by atoms with Crippen LogP contribution in [0.3, 0.4) is 0 Å². The smallest absolute Gasteiger partial charge is 0.0394 e.